The van der Waals surface area contributed by atoms with Crippen LogP contribution in [-0.4, -0.2) is 16.9 Å². The molecule has 3 rings (SSSR count). The largest absolute Gasteiger partial charge is 0.497 e. The molecule has 0 fully saturated rings. The van der Waals surface area contributed by atoms with Gasteiger partial charge in [0.15, 0.2) is 0 Å². The van der Waals surface area contributed by atoms with Crippen LogP contribution in [0, 0.1) is 0 Å². The van der Waals surface area contributed by atoms with Crippen molar-refractivity contribution < 1.29 is 4.74 Å². The van der Waals surface area contributed by atoms with E-state index in [0.29, 0.717) is 0 Å². The number of nitrogens with zero attached hydrogens (tertiary/aromatic N) is 2. The minimum Gasteiger partial charge on any atom is -0.497 e. The van der Waals surface area contributed by atoms with Crippen molar-refractivity contribution in [2.75, 3.05) is 7.11 Å². The second kappa shape index (κ2) is 5.81. The predicted molar refractivity (Wildman–Crippen MR) is 82.6 cm³/mol. The first kappa shape index (κ1) is 13.4. The third kappa shape index (κ3) is 2.80. The van der Waals surface area contributed by atoms with Crippen molar-refractivity contribution in [3.8, 4) is 11.4 Å². The van der Waals surface area contributed by atoms with Crippen LogP contribution in [0.3, 0.4) is 0 Å². The molecule has 4 heteroatoms. The molecule has 0 aliphatic rings. The number of hydrogen-bond donors (Lipinski definition) is 1. The maximum atomic E-state index is 6.30. The number of hydrogen-bond acceptors (Lipinski definition) is 3. The van der Waals surface area contributed by atoms with E-state index in [-0.39, 0.29) is 6.04 Å². The Kier molecular flexibility index (Phi) is 3.71. The van der Waals surface area contributed by atoms with Gasteiger partial charge >= 0.3 is 0 Å². The zero-order chi connectivity index (χ0) is 14.7. The highest BCUT2D eigenvalue weighted by atomic mass is 16.5. The summed E-state index contributed by atoms with van der Waals surface area (Å²) in [6, 6.07) is 19.4. The molecule has 0 aliphatic carbocycles. The average molecular weight is 279 g/mol. The summed E-state index contributed by atoms with van der Waals surface area (Å²) >= 11 is 0. The molecule has 1 atom stereocenters. The highest BCUT2D eigenvalue weighted by Gasteiger charge is 2.13. The van der Waals surface area contributed by atoms with Crippen LogP contribution in [-0.2, 0) is 0 Å². The fourth-order valence-electron chi connectivity index (χ4n) is 2.23. The Morgan fingerprint density at radius 1 is 1.05 bits per heavy atom. The molecule has 106 valence electrons. The number of benzene rings is 2. The first-order valence-corrected chi connectivity index (χ1v) is 6.78. The number of methoxy groups -OCH3 is 1. The zero-order valence-electron chi connectivity index (χ0n) is 11.8. The number of rotatable bonds is 4. The predicted octanol–water partition coefficient (Wildman–Crippen LogP) is 2.93. The molecule has 2 aromatic carbocycles. The van der Waals surface area contributed by atoms with Crippen LogP contribution in [0.25, 0.3) is 5.69 Å². The Morgan fingerprint density at radius 3 is 2.62 bits per heavy atom. The Hall–Kier alpha value is -2.59. The molecule has 0 radical (unpaired) electrons. The van der Waals surface area contributed by atoms with Gasteiger partial charge in [-0.2, -0.15) is 5.10 Å². The maximum Gasteiger partial charge on any atom is 0.119 e. The first-order chi connectivity index (χ1) is 10.3. The van der Waals surface area contributed by atoms with Crippen molar-refractivity contribution in [3.05, 3.63) is 78.1 Å². The second-order valence-corrected chi connectivity index (χ2v) is 4.78. The molecular formula is C17H17N3O. The molecular weight excluding hydrogens is 262 g/mol. The maximum absolute atomic E-state index is 6.30. The van der Waals surface area contributed by atoms with Gasteiger partial charge in [-0.3, -0.25) is 0 Å². The molecule has 3 aromatic rings. The van der Waals surface area contributed by atoms with Gasteiger partial charge in [0.2, 0.25) is 0 Å². The average Bonchev–Trinajstić information content (AvgIpc) is 3.05. The summed E-state index contributed by atoms with van der Waals surface area (Å²) < 4.78 is 7.06. The molecule has 4 nitrogen and oxygen atoms in total. The van der Waals surface area contributed by atoms with Gasteiger partial charge < -0.3 is 10.5 Å². The lowest BCUT2D eigenvalue weighted by Crippen LogP contribution is -2.13. The van der Waals surface area contributed by atoms with Crippen LogP contribution in [0.4, 0.5) is 0 Å². The molecule has 0 bridgehead atoms. The molecule has 0 saturated heterocycles. The summed E-state index contributed by atoms with van der Waals surface area (Å²) in [4.78, 5) is 0. The Labute approximate surface area is 123 Å². The minimum atomic E-state index is -0.273. The molecule has 1 heterocycles. The molecule has 0 aliphatic heterocycles. The van der Waals surface area contributed by atoms with Crippen LogP contribution < -0.4 is 10.5 Å². The molecule has 2 N–H and O–H groups in total. The van der Waals surface area contributed by atoms with Gasteiger partial charge in [-0.15, -0.1) is 0 Å². The summed E-state index contributed by atoms with van der Waals surface area (Å²) in [5.41, 5.74) is 9.12. The van der Waals surface area contributed by atoms with E-state index >= 15 is 0 Å². The quantitative estimate of drug-likeness (QED) is 0.799. The van der Waals surface area contributed by atoms with E-state index in [1.165, 1.54) is 0 Å². The van der Waals surface area contributed by atoms with E-state index < -0.39 is 0 Å². The summed E-state index contributed by atoms with van der Waals surface area (Å²) in [5, 5.41) is 4.56. The van der Waals surface area contributed by atoms with E-state index in [1.54, 1.807) is 7.11 Å². The van der Waals surface area contributed by atoms with E-state index in [4.69, 9.17) is 10.5 Å². The molecule has 0 spiro atoms. The molecule has 1 aromatic heterocycles. The van der Waals surface area contributed by atoms with E-state index in [2.05, 4.69) is 5.10 Å². The van der Waals surface area contributed by atoms with Crippen LogP contribution in [0.2, 0.25) is 0 Å². The van der Waals surface area contributed by atoms with Crippen LogP contribution in [0.5, 0.6) is 5.75 Å². The van der Waals surface area contributed by atoms with E-state index in [9.17, 15) is 0 Å². The third-order valence-corrected chi connectivity index (χ3v) is 3.40. The number of ether oxygens (including phenoxy) is 1. The Morgan fingerprint density at radius 2 is 1.86 bits per heavy atom. The van der Waals surface area contributed by atoms with Crippen molar-refractivity contribution in [3.63, 3.8) is 0 Å². The van der Waals surface area contributed by atoms with Crippen LogP contribution >= 0.6 is 0 Å². The van der Waals surface area contributed by atoms with Crippen molar-refractivity contribution in [2.24, 2.45) is 5.73 Å². The van der Waals surface area contributed by atoms with E-state index in [0.717, 1.165) is 22.7 Å². The summed E-state index contributed by atoms with van der Waals surface area (Å²) in [6.45, 7) is 0. The molecule has 21 heavy (non-hydrogen) atoms. The highest BCUT2D eigenvalue weighted by Crippen LogP contribution is 2.22. The lowest BCUT2D eigenvalue weighted by molar-refractivity contribution is 0.414. The fraction of sp³-hybridized carbons (Fsp3) is 0.118. The Bertz CT molecular complexity index is 722. The van der Waals surface area contributed by atoms with Gasteiger partial charge in [-0.1, -0.05) is 30.3 Å². The van der Waals surface area contributed by atoms with Gasteiger partial charge in [0.25, 0.3) is 0 Å². The second-order valence-electron chi connectivity index (χ2n) is 4.78. The normalized spacial score (nSPS) is 12.1. The smallest absolute Gasteiger partial charge is 0.119 e. The zero-order valence-corrected chi connectivity index (χ0v) is 11.8. The number of nitrogens with two attached hydrogens (primary N) is 1. The van der Waals surface area contributed by atoms with Gasteiger partial charge in [-0.25, -0.2) is 4.68 Å². The van der Waals surface area contributed by atoms with Gasteiger partial charge in [-0.05, 0) is 35.9 Å². The van der Waals surface area contributed by atoms with Crippen molar-refractivity contribution in [1.29, 1.82) is 0 Å². The summed E-state index contributed by atoms with van der Waals surface area (Å²) in [6.07, 6.45) is 1.92. The summed E-state index contributed by atoms with van der Waals surface area (Å²) in [5.74, 6) is 0.797. The third-order valence-electron chi connectivity index (χ3n) is 3.40. The monoisotopic (exact) mass is 279 g/mol. The lowest BCUT2D eigenvalue weighted by Gasteiger charge is -2.10. The fourth-order valence-corrected chi connectivity index (χ4v) is 2.23. The van der Waals surface area contributed by atoms with E-state index in [1.807, 2.05) is 71.5 Å². The lowest BCUT2D eigenvalue weighted by atomic mass is 10.0. The van der Waals surface area contributed by atoms with Crippen LogP contribution in [0.15, 0.2) is 66.9 Å². The van der Waals surface area contributed by atoms with Crippen molar-refractivity contribution in [1.82, 2.24) is 9.78 Å². The van der Waals surface area contributed by atoms with Crippen LogP contribution in [0.1, 0.15) is 17.3 Å². The van der Waals surface area contributed by atoms with Gasteiger partial charge in [0.1, 0.15) is 5.75 Å². The number of aromatic nitrogens is 2. The molecule has 1 unspecified atom stereocenters. The van der Waals surface area contributed by atoms with Crippen molar-refractivity contribution in [2.45, 2.75) is 6.04 Å². The molecule has 0 amide bonds. The summed E-state index contributed by atoms with van der Waals surface area (Å²) in [7, 11) is 1.65. The topological polar surface area (TPSA) is 53.1 Å². The minimum absolute atomic E-state index is 0.273. The molecule has 0 saturated carbocycles. The van der Waals surface area contributed by atoms with Crippen molar-refractivity contribution >= 4 is 0 Å². The first-order valence-electron chi connectivity index (χ1n) is 6.78. The Balaban J connectivity index is 1.88. The SMILES string of the molecule is COc1cccc(C(N)c2ccn(-c3ccccc3)n2)c1. The van der Waals surface area contributed by atoms with Gasteiger partial charge in [0, 0.05) is 6.20 Å². The number of para-hydroxylation sites is 1. The van der Waals surface area contributed by atoms with Gasteiger partial charge in [0.05, 0.1) is 24.5 Å². The standard InChI is InChI=1S/C17H17N3O/c1-21-15-9-5-6-13(12-15)17(18)16-10-11-20(19-16)14-7-3-2-4-8-14/h2-12,17H,18H2,1H3. The highest BCUT2D eigenvalue weighted by molar-refractivity contribution is 5.35.